The molecule has 1 unspecified atom stereocenters. The van der Waals surface area contributed by atoms with Crippen LogP contribution in [0.3, 0.4) is 0 Å². The fraction of sp³-hybridized carbons (Fsp3) is 0.375. The maximum atomic E-state index is 14.1. The van der Waals surface area contributed by atoms with Gasteiger partial charge in [0.25, 0.3) is 5.91 Å². The van der Waals surface area contributed by atoms with E-state index >= 15 is 0 Å². The average molecular weight is 382 g/mol. The van der Waals surface area contributed by atoms with Gasteiger partial charge in [0.1, 0.15) is 5.82 Å². The molecule has 2 N–H and O–H groups in total. The van der Waals surface area contributed by atoms with Gasteiger partial charge in [0.05, 0.1) is 23.1 Å². The molecule has 0 bridgehead atoms. The monoisotopic (exact) mass is 382 g/mol. The van der Waals surface area contributed by atoms with E-state index in [-0.39, 0.29) is 23.1 Å². The first-order chi connectivity index (χ1) is 12.3. The zero-order valence-corrected chi connectivity index (χ0v) is 14.7. The molecule has 1 aromatic carbocycles. The van der Waals surface area contributed by atoms with Gasteiger partial charge in [-0.25, -0.2) is 17.9 Å². The molecule has 1 aliphatic heterocycles. The maximum absolute atomic E-state index is 14.1. The SMILES string of the molecule is NS(=O)(=O)c1ccc(F)c(C(=O)N2CCCOC(Cn3cccn3)C2)c1. The van der Waals surface area contributed by atoms with Crippen molar-refractivity contribution in [3.63, 3.8) is 0 Å². The van der Waals surface area contributed by atoms with Gasteiger partial charge in [-0.2, -0.15) is 5.10 Å². The van der Waals surface area contributed by atoms with Gasteiger partial charge in [0.15, 0.2) is 0 Å². The first-order valence-corrected chi connectivity index (χ1v) is 9.60. The van der Waals surface area contributed by atoms with Gasteiger partial charge in [-0.1, -0.05) is 0 Å². The van der Waals surface area contributed by atoms with Crippen LogP contribution in [0, 0.1) is 5.82 Å². The van der Waals surface area contributed by atoms with Gasteiger partial charge >= 0.3 is 0 Å². The summed E-state index contributed by atoms with van der Waals surface area (Å²) >= 11 is 0. The van der Waals surface area contributed by atoms with E-state index in [0.717, 1.165) is 18.2 Å². The van der Waals surface area contributed by atoms with Crippen LogP contribution in [0.2, 0.25) is 0 Å². The largest absolute Gasteiger partial charge is 0.374 e. The van der Waals surface area contributed by atoms with Gasteiger partial charge in [-0.05, 0) is 30.7 Å². The van der Waals surface area contributed by atoms with Crippen molar-refractivity contribution in [1.29, 1.82) is 0 Å². The Hall–Kier alpha value is -2.30. The highest BCUT2D eigenvalue weighted by Gasteiger charge is 2.26. The zero-order chi connectivity index (χ0) is 18.7. The molecule has 26 heavy (non-hydrogen) atoms. The zero-order valence-electron chi connectivity index (χ0n) is 13.9. The number of benzene rings is 1. The van der Waals surface area contributed by atoms with E-state index in [1.165, 1.54) is 4.90 Å². The van der Waals surface area contributed by atoms with Crippen LogP contribution in [0.5, 0.6) is 0 Å². The summed E-state index contributed by atoms with van der Waals surface area (Å²) in [6.07, 6.45) is 3.73. The first-order valence-electron chi connectivity index (χ1n) is 8.05. The van der Waals surface area contributed by atoms with E-state index in [2.05, 4.69) is 5.10 Å². The Balaban J connectivity index is 1.81. The Kier molecular flexibility index (Phi) is 5.35. The number of aromatic nitrogens is 2. The Morgan fingerprint density at radius 1 is 1.42 bits per heavy atom. The minimum absolute atomic E-state index is 0.248. The van der Waals surface area contributed by atoms with Gasteiger partial charge in [0, 0.05) is 32.1 Å². The fourth-order valence-corrected chi connectivity index (χ4v) is 3.36. The molecule has 10 heteroatoms. The number of halogens is 1. The minimum Gasteiger partial charge on any atom is -0.374 e. The van der Waals surface area contributed by atoms with Gasteiger partial charge in [-0.3, -0.25) is 9.48 Å². The molecule has 1 amide bonds. The fourth-order valence-electron chi connectivity index (χ4n) is 2.82. The number of ether oxygens (including phenoxy) is 1. The summed E-state index contributed by atoms with van der Waals surface area (Å²) in [4.78, 5) is 13.9. The molecule has 1 aromatic heterocycles. The number of sulfonamides is 1. The Morgan fingerprint density at radius 3 is 2.92 bits per heavy atom. The molecule has 1 aliphatic rings. The third-order valence-corrected chi connectivity index (χ3v) is 4.99. The summed E-state index contributed by atoms with van der Waals surface area (Å²) in [6.45, 7) is 1.55. The predicted molar refractivity (Wildman–Crippen MR) is 90.3 cm³/mol. The highest BCUT2D eigenvalue weighted by Crippen LogP contribution is 2.18. The minimum atomic E-state index is -4.03. The highest BCUT2D eigenvalue weighted by atomic mass is 32.2. The van der Waals surface area contributed by atoms with Crippen LogP contribution in [0.1, 0.15) is 16.8 Å². The number of hydrogen-bond donors (Lipinski definition) is 1. The van der Waals surface area contributed by atoms with Crippen molar-refractivity contribution in [2.75, 3.05) is 19.7 Å². The molecule has 0 aliphatic carbocycles. The van der Waals surface area contributed by atoms with E-state index in [1.54, 1.807) is 23.1 Å². The van der Waals surface area contributed by atoms with Gasteiger partial charge in [0.2, 0.25) is 10.0 Å². The van der Waals surface area contributed by atoms with Crippen molar-refractivity contribution < 1.29 is 22.3 Å². The number of nitrogens with two attached hydrogens (primary N) is 1. The van der Waals surface area contributed by atoms with Crippen molar-refractivity contribution in [1.82, 2.24) is 14.7 Å². The molecule has 0 radical (unpaired) electrons. The molecule has 3 rings (SSSR count). The van der Waals surface area contributed by atoms with Crippen molar-refractivity contribution in [2.45, 2.75) is 24.0 Å². The third kappa shape index (κ3) is 4.26. The van der Waals surface area contributed by atoms with E-state index < -0.39 is 21.7 Å². The number of amides is 1. The highest BCUT2D eigenvalue weighted by molar-refractivity contribution is 7.89. The lowest BCUT2D eigenvalue weighted by Gasteiger charge is -2.24. The number of rotatable bonds is 4. The van der Waals surface area contributed by atoms with Crippen LogP contribution in [0.4, 0.5) is 4.39 Å². The lowest BCUT2D eigenvalue weighted by atomic mass is 10.1. The molecule has 140 valence electrons. The molecule has 0 spiro atoms. The van der Waals surface area contributed by atoms with Crippen molar-refractivity contribution in [3.05, 3.63) is 48.0 Å². The average Bonchev–Trinajstić information content (AvgIpc) is 2.98. The molecule has 8 nitrogen and oxygen atoms in total. The topological polar surface area (TPSA) is 108 Å². The second-order valence-corrected chi connectivity index (χ2v) is 7.57. The molecule has 2 heterocycles. The number of hydrogen-bond acceptors (Lipinski definition) is 5. The summed E-state index contributed by atoms with van der Waals surface area (Å²) in [7, 11) is -4.03. The van der Waals surface area contributed by atoms with Crippen molar-refractivity contribution in [2.24, 2.45) is 5.14 Å². The molecular weight excluding hydrogens is 363 g/mol. The summed E-state index contributed by atoms with van der Waals surface area (Å²) in [5, 5.41) is 9.19. The molecular formula is C16H19FN4O4S. The lowest BCUT2D eigenvalue weighted by Crippen LogP contribution is -2.39. The molecule has 2 aromatic rings. The third-order valence-electron chi connectivity index (χ3n) is 4.08. The van der Waals surface area contributed by atoms with Crippen LogP contribution in [-0.4, -0.2) is 54.8 Å². The van der Waals surface area contributed by atoms with Gasteiger partial charge in [-0.15, -0.1) is 0 Å². The van der Waals surface area contributed by atoms with Crippen LogP contribution in [0.15, 0.2) is 41.6 Å². The molecule has 1 fully saturated rings. The quantitative estimate of drug-likeness (QED) is 0.833. The van der Waals surface area contributed by atoms with E-state index in [1.807, 2.05) is 0 Å². The van der Waals surface area contributed by atoms with Crippen LogP contribution in [0.25, 0.3) is 0 Å². The maximum Gasteiger partial charge on any atom is 0.256 e. The first kappa shape index (κ1) is 18.5. The number of primary sulfonamides is 1. The van der Waals surface area contributed by atoms with E-state index in [4.69, 9.17) is 9.88 Å². The van der Waals surface area contributed by atoms with Crippen LogP contribution < -0.4 is 5.14 Å². The van der Waals surface area contributed by atoms with E-state index in [0.29, 0.717) is 26.1 Å². The van der Waals surface area contributed by atoms with Crippen molar-refractivity contribution in [3.8, 4) is 0 Å². The Bertz CT molecular complexity index is 886. The number of nitrogens with zero attached hydrogens (tertiary/aromatic N) is 3. The molecule has 0 saturated carbocycles. The standard InChI is InChI=1S/C16H19FN4O4S/c17-15-4-3-13(26(18,23)24)9-14(15)16(22)20-6-2-8-25-12(10-20)11-21-7-1-5-19-21/h1,3-5,7,9,12H,2,6,8,10-11H2,(H2,18,23,24). The summed E-state index contributed by atoms with van der Waals surface area (Å²) < 4.78 is 44.5. The smallest absolute Gasteiger partial charge is 0.256 e. The normalized spacial score (nSPS) is 18.5. The Morgan fingerprint density at radius 2 is 2.23 bits per heavy atom. The second-order valence-electron chi connectivity index (χ2n) is 6.01. The van der Waals surface area contributed by atoms with Crippen LogP contribution in [-0.2, 0) is 21.3 Å². The van der Waals surface area contributed by atoms with E-state index in [9.17, 15) is 17.6 Å². The summed E-state index contributed by atoms with van der Waals surface area (Å²) in [6, 6.07) is 4.73. The van der Waals surface area contributed by atoms with Crippen molar-refractivity contribution >= 4 is 15.9 Å². The second kappa shape index (κ2) is 7.52. The lowest BCUT2D eigenvalue weighted by molar-refractivity contribution is 0.0366. The number of carbonyl (C=O) groups excluding carboxylic acids is 1. The summed E-state index contributed by atoms with van der Waals surface area (Å²) in [5.41, 5.74) is -0.323. The molecule has 1 atom stereocenters. The van der Waals surface area contributed by atoms with Gasteiger partial charge < -0.3 is 9.64 Å². The van der Waals surface area contributed by atoms with Crippen LogP contribution >= 0.6 is 0 Å². The Labute approximate surface area is 150 Å². The summed E-state index contributed by atoms with van der Waals surface area (Å²) in [5.74, 6) is -1.39. The predicted octanol–water partition coefficient (Wildman–Crippen LogP) is 0.601. The number of carbonyl (C=O) groups is 1. The molecule has 1 saturated heterocycles.